The van der Waals surface area contributed by atoms with Gasteiger partial charge in [0.25, 0.3) is 26.1 Å². The Bertz CT molecular complexity index is 2970. The molecule has 0 aromatic heterocycles. The number of anilines is 1. The summed E-state index contributed by atoms with van der Waals surface area (Å²) in [6, 6.07) is 25.8. The summed E-state index contributed by atoms with van der Waals surface area (Å²) in [6.45, 7) is 0.683. The number of benzene rings is 5. The van der Waals surface area contributed by atoms with E-state index in [1.54, 1.807) is 61.6 Å². The summed E-state index contributed by atoms with van der Waals surface area (Å²) in [5.41, 5.74) is 3.71. The van der Waals surface area contributed by atoms with Crippen LogP contribution in [-0.2, 0) is 48.0 Å². The van der Waals surface area contributed by atoms with E-state index in [1.165, 1.54) is 53.4 Å². The SMILES string of the molecule is CN(CCCC(=O)O)C(=O)c1ccccc1-c1c2cc(S(=O)(=O)O)c(=[NH+]CCc3ccc(S(=O)(=O)O)cc3)cc-2oc2cc(NCCc3ccc(S(=O)(=O)O)cc3)ccc12. The van der Waals surface area contributed by atoms with E-state index >= 15 is 0 Å². The summed E-state index contributed by atoms with van der Waals surface area (Å²) in [5, 5.41) is 12.9. The molecule has 0 saturated heterocycles. The smallest absolute Gasteiger partial charge is 0.303 e. The number of carbonyl (C=O) groups is 2. The largest absolute Gasteiger partial charge is 0.481 e. The highest BCUT2D eigenvalue weighted by Crippen LogP contribution is 2.42. The minimum Gasteiger partial charge on any atom is -0.481 e. The van der Waals surface area contributed by atoms with E-state index in [4.69, 9.17) is 9.52 Å². The van der Waals surface area contributed by atoms with Crippen molar-refractivity contribution in [3.05, 3.63) is 125 Å². The predicted molar refractivity (Wildman–Crippen MR) is 219 cm³/mol. The van der Waals surface area contributed by atoms with Crippen molar-refractivity contribution in [3.8, 4) is 22.5 Å². The van der Waals surface area contributed by atoms with Crippen LogP contribution < -0.4 is 15.7 Å². The molecule has 1 aliphatic carbocycles. The topological polar surface area (TPSA) is 260 Å². The lowest BCUT2D eigenvalue weighted by atomic mass is 9.90. The first-order valence-corrected chi connectivity index (χ1v) is 22.6. The van der Waals surface area contributed by atoms with Gasteiger partial charge in [-0.25, -0.2) is 4.99 Å². The van der Waals surface area contributed by atoms with Gasteiger partial charge in [-0.2, -0.15) is 25.3 Å². The normalized spacial score (nSPS) is 12.5. The predicted octanol–water partition coefficient (Wildman–Crippen LogP) is 3.76. The van der Waals surface area contributed by atoms with Crippen LogP contribution in [0, 0.1) is 0 Å². The highest BCUT2D eigenvalue weighted by Gasteiger charge is 2.28. The molecular formula is C41H40N3O13S3+. The van der Waals surface area contributed by atoms with Gasteiger partial charge in [-0.05, 0) is 78.1 Å². The molecule has 6 N–H and O–H groups in total. The van der Waals surface area contributed by atoms with Gasteiger partial charge < -0.3 is 19.7 Å². The molecule has 2 aliphatic rings. The van der Waals surface area contributed by atoms with Crippen LogP contribution in [0.2, 0.25) is 0 Å². The Kier molecular flexibility index (Phi) is 12.9. The maximum absolute atomic E-state index is 13.9. The molecule has 16 nitrogen and oxygen atoms in total. The second kappa shape index (κ2) is 17.7. The number of fused-ring (bicyclic) bond motifs is 2. The summed E-state index contributed by atoms with van der Waals surface area (Å²) in [6.07, 6.45) is 0.840. The first-order valence-electron chi connectivity index (χ1n) is 18.3. The van der Waals surface area contributed by atoms with Gasteiger partial charge in [0.1, 0.15) is 17.9 Å². The van der Waals surface area contributed by atoms with Crippen LogP contribution >= 0.6 is 0 Å². The van der Waals surface area contributed by atoms with Crippen LogP contribution in [0.4, 0.5) is 5.69 Å². The zero-order chi connectivity index (χ0) is 43.4. The van der Waals surface area contributed by atoms with Crippen LogP contribution in [0.25, 0.3) is 33.4 Å². The maximum atomic E-state index is 13.9. The van der Waals surface area contributed by atoms with Crippen molar-refractivity contribution >= 4 is 58.9 Å². The second-order valence-corrected chi connectivity index (χ2v) is 18.1. The Morgan fingerprint density at radius 3 is 1.95 bits per heavy atom. The number of carboxylic acid groups (broad SMARTS) is 1. The number of carboxylic acids is 1. The van der Waals surface area contributed by atoms with Gasteiger partial charge in [-0.3, -0.25) is 23.2 Å². The molecule has 0 radical (unpaired) electrons. The second-order valence-electron chi connectivity index (χ2n) is 13.9. The fraction of sp³-hybridized carbons (Fsp3) is 0.195. The molecule has 4 aromatic carbocycles. The lowest BCUT2D eigenvalue weighted by Gasteiger charge is -2.21. The molecule has 0 bridgehead atoms. The molecule has 0 unspecified atom stereocenters. The molecule has 6 rings (SSSR count). The first-order chi connectivity index (χ1) is 28.3. The van der Waals surface area contributed by atoms with Crippen LogP contribution in [0.15, 0.2) is 122 Å². The third-order valence-electron chi connectivity index (χ3n) is 9.67. The molecule has 1 amide bonds. The number of amides is 1. The van der Waals surface area contributed by atoms with Crippen molar-refractivity contribution in [1.29, 1.82) is 0 Å². The van der Waals surface area contributed by atoms with Crippen molar-refractivity contribution < 1.29 is 63.0 Å². The highest BCUT2D eigenvalue weighted by atomic mass is 32.2. The number of carbonyl (C=O) groups excluding carboxylic acids is 1. The number of nitrogens with zero attached hydrogens (tertiary/aromatic N) is 1. The minimum absolute atomic E-state index is 0.00886. The lowest BCUT2D eigenvalue weighted by Crippen LogP contribution is -2.77. The van der Waals surface area contributed by atoms with Crippen LogP contribution in [-0.4, -0.2) is 87.5 Å². The van der Waals surface area contributed by atoms with Gasteiger partial charge >= 0.3 is 16.1 Å². The van der Waals surface area contributed by atoms with Gasteiger partial charge in [-0.15, -0.1) is 0 Å². The van der Waals surface area contributed by atoms with Crippen molar-refractivity contribution in [3.63, 3.8) is 0 Å². The Labute approximate surface area is 345 Å². The molecular weight excluding hydrogens is 839 g/mol. The van der Waals surface area contributed by atoms with Gasteiger partial charge in [0.15, 0.2) is 4.90 Å². The lowest BCUT2D eigenvalue weighted by molar-refractivity contribution is -0.501. The molecule has 0 spiro atoms. The molecule has 60 heavy (non-hydrogen) atoms. The van der Waals surface area contributed by atoms with E-state index in [-0.39, 0.29) is 64.4 Å². The van der Waals surface area contributed by atoms with E-state index in [9.17, 15) is 48.5 Å². The fourth-order valence-corrected chi connectivity index (χ4v) is 8.32. The first kappa shape index (κ1) is 43.6. The van der Waals surface area contributed by atoms with Gasteiger partial charge in [0.05, 0.1) is 15.9 Å². The van der Waals surface area contributed by atoms with Crippen molar-refractivity contribution in [1.82, 2.24) is 4.90 Å². The van der Waals surface area contributed by atoms with E-state index in [2.05, 4.69) is 10.3 Å². The zero-order valence-corrected chi connectivity index (χ0v) is 34.3. The third kappa shape index (κ3) is 10.4. The van der Waals surface area contributed by atoms with Crippen molar-refractivity contribution in [2.75, 3.05) is 32.0 Å². The summed E-state index contributed by atoms with van der Waals surface area (Å²) in [7, 11) is -12.1. The van der Waals surface area contributed by atoms with E-state index in [0.717, 1.165) is 5.56 Å². The Morgan fingerprint density at radius 1 is 0.733 bits per heavy atom. The van der Waals surface area contributed by atoms with Gasteiger partial charge in [0.2, 0.25) is 5.36 Å². The van der Waals surface area contributed by atoms with Crippen molar-refractivity contribution in [2.24, 2.45) is 0 Å². The van der Waals surface area contributed by atoms with Crippen LogP contribution in [0.3, 0.4) is 0 Å². The van der Waals surface area contributed by atoms with Crippen LogP contribution in [0.5, 0.6) is 0 Å². The van der Waals surface area contributed by atoms with Crippen LogP contribution in [0.1, 0.15) is 34.3 Å². The molecule has 4 aromatic rings. The molecule has 19 heteroatoms. The zero-order valence-electron chi connectivity index (χ0n) is 31.9. The van der Waals surface area contributed by atoms with Crippen molar-refractivity contribution in [2.45, 2.75) is 40.4 Å². The summed E-state index contributed by atoms with van der Waals surface area (Å²) in [5.74, 6) is -1.24. The Hall–Kier alpha value is -5.96. The quantitative estimate of drug-likeness (QED) is 0.0598. The number of nitrogens with one attached hydrogen (secondary N) is 2. The standard InChI is InChI=1S/C41H39N3O13S3/c1-44(22-4-7-39(45)46)41(47)32-6-3-2-5-31(32)40-33-17-12-28(42-20-18-26-8-13-29(14-9-26)58(48,49)50)23-36(33)57-37-25-35(38(24-34(37)40)60(54,55)56)43-21-19-27-10-15-30(16-11-27)59(51,52)53/h2-3,5-6,8-17,23-25,42H,4,7,18-22H2,1H3,(H,45,46)(H,48,49,50)(H,51,52,53)(H,54,55,56)/p+1. The molecule has 0 atom stereocenters. The molecule has 0 saturated carbocycles. The van der Waals surface area contributed by atoms with Gasteiger partial charge in [-0.1, -0.05) is 42.5 Å². The number of hydrogen-bond donors (Lipinski definition) is 6. The highest BCUT2D eigenvalue weighted by molar-refractivity contribution is 7.86. The van der Waals surface area contributed by atoms with E-state index in [0.29, 0.717) is 46.3 Å². The average Bonchev–Trinajstić information content (AvgIpc) is 3.18. The molecule has 1 heterocycles. The molecule has 0 fully saturated rings. The summed E-state index contributed by atoms with van der Waals surface area (Å²) < 4.78 is 107. The van der Waals surface area contributed by atoms with Gasteiger partial charge in [0, 0.05) is 66.8 Å². The summed E-state index contributed by atoms with van der Waals surface area (Å²) in [4.78, 5) is 28.5. The molecule has 1 aliphatic heterocycles. The number of rotatable bonds is 16. The third-order valence-corrected chi connectivity index (χ3v) is 12.3. The fourth-order valence-electron chi connectivity index (χ4n) is 6.68. The monoisotopic (exact) mass is 878 g/mol. The average molecular weight is 879 g/mol. The minimum atomic E-state index is -4.88. The van der Waals surface area contributed by atoms with E-state index in [1.807, 2.05) is 0 Å². The summed E-state index contributed by atoms with van der Waals surface area (Å²) >= 11 is 0. The Balaban J connectivity index is 1.45. The number of hydrogen-bond acceptors (Lipinski definition) is 10. The Morgan fingerprint density at radius 2 is 1.35 bits per heavy atom. The maximum Gasteiger partial charge on any atom is 0.303 e. The van der Waals surface area contributed by atoms with E-state index < -0.39 is 47.1 Å². The number of aliphatic carboxylic acids is 1. The molecule has 314 valence electrons.